The number of halogens is 2. The third kappa shape index (κ3) is 7.12. The second-order valence-electron chi connectivity index (χ2n) is 9.20. The molecule has 0 bridgehead atoms. The Balaban J connectivity index is 1.60. The Morgan fingerprint density at radius 3 is 2.57 bits per heavy atom. The number of Topliss-reactive ketones (excluding diaryl/α,β-unsaturated/α-hetero) is 1. The molecule has 188 valence electrons. The second-order valence-corrected chi connectivity index (χ2v) is 9.99. The lowest BCUT2D eigenvalue weighted by Gasteiger charge is -2.18. The van der Waals surface area contributed by atoms with Gasteiger partial charge in [-0.05, 0) is 48.4 Å². The summed E-state index contributed by atoms with van der Waals surface area (Å²) in [5.74, 6) is -2.32. The Morgan fingerprint density at radius 1 is 1.11 bits per heavy atom. The van der Waals surface area contributed by atoms with E-state index in [1.807, 2.05) is 24.3 Å². The largest absolute Gasteiger partial charge is 0.481 e. The number of fused-ring (bicyclic) bond motifs is 1. The third-order valence-electron chi connectivity index (χ3n) is 6.14. The zero-order valence-electron chi connectivity index (χ0n) is 19.9. The van der Waals surface area contributed by atoms with E-state index in [0.29, 0.717) is 18.2 Å². The summed E-state index contributed by atoms with van der Waals surface area (Å²) in [5.41, 5.74) is 2.92. The minimum Gasteiger partial charge on any atom is -0.481 e. The maximum atomic E-state index is 13.0. The fourth-order valence-corrected chi connectivity index (χ4v) is 4.79. The second kappa shape index (κ2) is 12.3. The molecule has 2 unspecified atom stereocenters. The molecule has 2 atom stereocenters. The van der Waals surface area contributed by atoms with Gasteiger partial charge in [-0.25, -0.2) is 4.79 Å². The van der Waals surface area contributed by atoms with Gasteiger partial charge in [0.1, 0.15) is 0 Å². The smallest absolute Gasteiger partial charge is 0.315 e. The van der Waals surface area contributed by atoms with Crippen LogP contribution in [0.5, 0.6) is 0 Å². The van der Waals surface area contributed by atoms with E-state index in [4.69, 9.17) is 23.2 Å². The van der Waals surface area contributed by atoms with E-state index < -0.39 is 23.7 Å². The first kappa shape index (κ1) is 26.8. The summed E-state index contributed by atoms with van der Waals surface area (Å²) in [4.78, 5) is 37.3. The number of nitrogens with one attached hydrogen (secondary N) is 3. The lowest BCUT2D eigenvalue weighted by Crippen LogP contribution is -2.41. The van der Waals surface area contributed by atoms with Crippen LogP contribution in [-0.2, 0) is 11.2 Å². The quantitative estimate of drug-likeness (QED) is 0.284. The van der Waals surface area contributed by atoms with E-state index in [1.54, 1.807) is 12.1 Å². The number of hydrogen-bond acceptors (Lipinski definition) is 4. The molecule has 7 nitrogen and oxygen atoms in total. The number of ketones is 1. The van der Waals surface area contributed by atoms with Crippen LogP contribution in [-0.4, -0.2) is 36.0 Å². The SMILES string of the molecule is CC(C)CCNc1ccc(Cl)c(C(=O)CC(CNC(=O)NC2CCc3ccccc32)C(=O)O)c1Cl. The summed E-state index contributed by atoms with van der Waals surface area (Å²) in [6.07, 6.45) is 2.23. The van der Waals surface area contributed by atoms with Gasteiger partial charge in [-0.1, -0.05) is 61.3 Å². The molecular weight excluding hydrogens is 489 g/mol. The van der Waals surface area contributed by atoms with Crippen LogP contribution >= 0.6 is 23.2 Å². The van der Waals surface area contributed by atoms with Gasteiger partial charge in [-0.2, -0.15) is 0 Å². The molecule has 0 aromatic heterocycles. The number of rotatable bonds is 11. The van der Waals surface area contributed by atoms with Crippen molar-refractivity contribution in [2.45, 2.75) is 45.6 Å². The zero-order chi connectivity index (χ0) is 25.5. The molecule has 2 amide bonds. The van der Waals surface area contributed by atoms with Crippen LogP contribution in [0.4, 0.5) is 10.5 Å². The van der Waals surface area contributed by atoms with Crippen molar-refractivity contribution in [2.24, 2.45) is 11.8 Å². The van der Waals surface area contributed by atoms with E-state index in [9.17, 15) is 19.5 Å². The molecular formula is C26H31Cl2N3O4. The Labute approximate surface area is 215 Å². The number of hydrogen-bond donors (Lipinski definition) is 4. The molecule has 3 rings (SSSR count). The van der Waals surface area contributed by atoms with Gasteiger partial charge >= 0.3 is 12.0 Å². The van der Waals surface area contributed by atoms with E-state index in [-0.39, 0.29) is 34.6 Å². The number of carbonyl (C=O) groups is 3. The van der Waals surface area contributed by atoms with Crippen LogP contribution in [0.3, 0.4) is 0 Å². The minimum atomic E-state index is -1.19. The van der Waals surface area contributed by atoms with Crippen molar-refractivity contribution in [2.75, 3.05) is 18.4 Å². The fraction of sp³-hybridized carbons (Fsp3) is 0.423. The molecule has 1 aliphatic carbocycles. The molecule has 0 radical (unpaired) electrons. The maximum Gasteiger partial charge on any atom is 0.315 e. The molecule has 35 heavy (non-hydrogen) atoms. The Morgan fingerprint density at radius 2 is 1.86 bits per heavy atom. The molecule has 0 spiro atoms. The molecule has 1 aliphatic rings. The monoisotopic (exact) mass is 519 g/mol. The summed E-state index contributed by atoms with van der Waals surface area (Å²) in [6.45, 7) is 4.68. The van der Waals surface area contributed by atoms with Crippen molar-refractivity contribution in [1.82, 2.24) is 10.6 Å². The van der Waals surface area contributed by atoms with Crippen molar-refractivity contribution in [3.8, 4) is 0 Å². The normalized spacial score (nSPS) is 15.4. The first-order chi connectivity index (χ1) is 16.7. The van der Waals surface area contributed by atoms with Crippen LogP contribution in [0.1, 0.15) is 60.6 Å². The average molecular weight is 520 g/mol. The third-order valence-corrected chi connectivity index (χ3v) is 6.84. The minimum absolute atomic E-state index is 0.0844. The molecule has 4 N–H and O–H groups in total. The summed E-state index contributed by atoms with van der Waals surface area (Å²) < 4.78 is 0. The van der Waals surface area contributed by atoms with Gasteiger partial charge in [-0.3, -0.25) is 9.59 Å². The predicted octanol–water partition coefficient (Wildman–Crippen LogP) is 5.71. The highest BCUT2D eigenvalue weighted by Gasteiger charge is 2.27. The van der Waals surface area contributed by atoms with Crippen LogP contribution in [0.15, 0.2) is 36.4 Å². The number of carboxylic acids is 1. The number of benzene rings is 2. The number of amides is 2. The molecule has 0 saturated heterocycles. The average Bonchev–Trinajstić information content (AvgIpc) is 3.20. The van der Waals surface area contributed by atoms with Crippen molar-refractivity contribution in [3.05, 3.63) is 63.1 Å². The van der Waals surface area contributed by atoms with Gasteiger partial charge in [0.15, 0.2) is 5.78 Å². The number of urea groups is 1. The molecule has 9 heteroatoms. The van der Waals surface area contributed by atoms with E-state index in [0.717, 1.165) is 24.8 Å². The van der Waals surface area contributed by atoms with Gasteiger partial charge < -0.3 is 21.1 Å². The highest BCUT2D eigenvalue weighted by atomic mass is 35.5. The van der Waals surface area contributed by atoms with Gasteiger partial charge in [0.05, 0.1) is 33.3 Å². The number of aryl methyl sites for hydroxylation is 1. The van der Waals surface area contributed by atoms with Crippen molar-refractivity contribution < 1.29 is 19.5 Å². The summed E-state index contributed by atoms with van der Waals surface area (Å²) in [5, 5.41) is 18.7. The highest BCUT2D eigenvalue weighted by Crippen LogP contribution is 2.34. The number of carboxylic acid groups (broad SMARTS) is 1. The summed E-state index contributed by atoms with van der Waals surface area (Å²) in [6, 6.07) is 10.6. The standard InChI is InChI=1S/C26H31Cl2N3O4/c1-15(2)11-12-29-21-10-8-19(27)23(24(21)28)22(32)13-17(25(33)34)14-30-26(35)31-20-9-7-16-5-3-4-6-18(16)20/h3-6,8,10,15,17,20,29H,7,9,11-14H2,1-2H3,(H,33,34)(H2,30,31,35). The molecule has 0 fully saturated rings. The summed E-state index contributed by atoms with van der Waals surface area (Å²) in [7, 11) is 0. The molecule has 2 aromatic rings. The molecule has 0 heterocycles. The number of carbonyl (C=O) groups excluding carboxylic acids is 2. The molecule has 0 aliphatic heterocycles. The van der Waals surface area contributed by atoms with E-state index >= 15 is 0 Å². The molecule has 2 aromatic carbocycles. The Kier molecular flexibility index (Phi) is 9.40. The van der Waals surface area contributed by atoms with E-state index in [2.05, 4.69) is 29.8 Å². The van der Waals surface area contributed by atoms with Gasteiger partial charge in [0.25, 0.3) is 0 Å². The lowest BCUT2D eigenvalue weighted by molar-refractivity contribution is -0.141. The van der Waals surface area contributed by atoms with Gasteiger partial charge in [0, 0.05) is 19.5 Å². The van der Waals surface area contributed by atoms with Crippen molar-refractivity contribution in [3.63, 3.8) is 0 Å². The number of anilines is 1. The molecule has 0 saturated carbocycles. The van der Waals surface area contributed by atoms with Crippen LogP contribution in [0.2, 0.25) is 10.0 Å². The van der Waals surface area contributed by atoms with Gasteiger partial charge in [-0.15, -0.1) is 0 Å². The first-order valence-corrected chi connectivity index (χ1v) is 12.5. The van der Waals surface area contributed by atoms with Crippen molar-refractivity contribution >= 4 is 46.7 Å². The van der Waals surface area contributed by atoms with Crippen LogP contribution in [0.25, 0.3) is 0 Å². The zero-order valence-corrected chi connectivity index (χ0v) is 21.4. The fourth-order valence-electron chi connectivity index (χ4n) is 4.15. The topological polar surface area (TPSA) is 108 Å². The maximum absolute atomic E-state index is 13.0. The van der Waals surface area contributed by atoms with Crippen molar-refractivity contribution in [1.29, 1.82) is 0 Å². The highest BCUT2D eigenvalue weighted by molar-refractivity contribution is 6.41. The number of aliphatic carboxylic acids is 1. The van der Waals surface area contributed by atoms with E-state index in [1.165, 1.54) is 5.56 Å². The van der Waals surface area contributed by atoms with Gasteiger partial charge in [0.2, 0.25) is 0 Å². The van der Waals surface area contributed by atoms with Crippen LogP contribution in [0, 0.1) is 11.8 Å². The predicted molar refractivity (Wildman–Crippen MR) is 139 cm³/mol. The van der Waals surface area contributed by atoms with Crippen LogP contribution < -0.4 is 16.0 Å². The Bertz CT molecular complexity index is 1090. The summed E-state index contributed by atoms with van der Waals surface area (Å²) >= 11 is 12.7. The Hall–Kier alpha value is -2.77. The lowest BCUT2D eigenvalue weighted by atomic mass is 9.97. The first-order valence-electron chi connectivity index (χ1n) is 11.8.